The van der Waals surface area contributed by atoms with Crippen LogP contribution in [0.4, 0.5) is 0 Å². The third-order valence-corrected chi connectivity index (χ3v) is 3.31. The van der Waals surface area contributed by atoms with E-state index in [1.807, 2.05) is 4.68 Å². The molecule has 1 saturated carbocycles. The molecule has 1 aromatic rings. The highest BCUT2D eigenvalue weighted by Gasteiger charge is 2.25. The summed E-state index contributed by atoms with van der Waals surface area (Å²) in [5.41, 5.74) is 1.13. The van der Waals surface area contributed by atoms with Gasteiger partial charge < -0.3 is 10.2 Å². The van der Waals surface area contributed by atoms with Gasteiger partial charge in [-0.05, 0) is 39.8 Å². The van der Waals surface area contributed by atoms with Crippen molar-refractivity contribution in [3.8, 4) is 0 Å². The van der Waals surface area contributed by atoms with Crippen molar-refractivity contribution in [3.05, 3.63) is 18.0 Å². The molecule has 1 aliphatic carbocycles. The maximum Gasteiger partial charge on any atom is 0.0762 e. The minimum Gasteiger partial charge on any atom is -0.310 e. The first-order valence-corrected chi connectivity index (χ1v) is 6.62. The van der Waals surface area contributed by atoms with E-state index in [0.29, 0.717) is 6.04 Å². The SMILES string of the molecule is CC(C)n1ccc(CNCCN(C)C2CC2)n1. The third-order valence-electron chi connectivity index (χ3n) is 3.31. The zero-order chi connectivity index (χ0) is 12.3. The van der Waals surface area contributed by atoms with Crippen LogP contribution in [0.3, 0.4) is 0 Å². The van der Waals surface area contributed by atoms with Crippen LogP contribution < -0.4 is 5.32 Å². The van der Waals surface area contributed by atoms with Crippen LogP contribution in [0.5, 0.6) is 0 Å². The van der Waals surface area contributed by atoms with Gasteiger partial charge in [0.2, 0.25) is 0 Å². The molecule has 1 N–H and O–H groups in total. The smallest absolute Gasteiger partial charge is 0.0762 e. The average molecular weight is 236 g/mol. The molecule has 4 nitrogen and oxygen atoms in total. The Labute approximate surface area is 104 Å². The van der Waals surface area contributed by atoms with E-state index < -0.39 is 0 Å². The molecule has 17 heavy (non-hydrogen) atoms. The molecule has 0 aliphatic heterocycles. The van der Waals surface area contributed by atoms with Gasteiger partial charge in [0.05, 0.1) is 5.69 Å². The first-order chi connectivity index (χ1) is 8.16. The number of rotatable bonds is 7. The lowest BCUT2D eigenvalue weighted by Gasteiger charge is -2.15. The number of nitrogens with zero attached hydrogens (tertiary/aromatic N) is 3. The largest absolute Gasteiger partial charge is 0.310 e. The minimum atomic E-state index is 0.449. The summed E-state index contributed by atoms with van der Waals surface area (Å²) >= 11 is 0. The van der Waals surface area contributed by atoms with Crippen molar-refractivity contribution >= 4 is 0 Å². The van der Waals surface area contributed by atoms with Crippen molar-refractivity contribution in [1.29, 1.82) is 0 Å². The molecule has 0 spiro atoms. The number of hydrogen-bond donors (Lipinski definition) is 1. The summed E-state index contributed by atoms with van der Waals surface area (Å²) < 4.78 is 2.01. The lowest BCUT2D eigenvalue weighted by molar-refractivity contribution is 0.321. The quantitative estimate of drug-likeness (QED) is 0.731. The summed E-state index contributed by atoms with van der Waals surface area (Å²) in [6, 6.07) is 3.40. The standard InChI is InChI=1S/C13H24N4/c1-11(2)17-8-6-12(15-17)10-14-7-9-16(3)13-4-5-13/h6,8,11,13-14H,4-5,7,9-10H2,1-3H3. The van der Waals surface area contributed by atoms with Gasteiger partial charge in [0, 0.05) is 37.9 Å². The Morgan fingerprint density at radius 3 is 2.88 bits per heavy atom. The van der Waals surface area contributed by atoms with Crippen molar-refractivity contribution in [2.24, 2.45) is 0 Å². The highest BCUT2D eigenvalue weighted by atomic mass is 15.3. The third kappa shape index (κ3) is 3.82. The van der Waals surface area contributed by atoms with Crippen molar-refractivity contribution in [2.75, 3.05) is 20.1 Å². The summed E-state index contributed by atoms with van der Waals surface area (Å²) in [4.78, 5) is 2.44. The van der Waals surface area contributed by atoms with E-state index in [1.54, 1.807) is 0 Å². The van der Waals surface area contributed by atoms with E-state index in [4.69, 9.17) is 0 Å². The van der Waals surface area contributed by atoms with E-state index >= 15 is 0 Å². The van der Waals surface area contributed by atoms with Gasteiger partial charge in [-0.1, -0.05) is 0 Å². The average Bonchev–Trinajstić information content (AvgIpc) is 3.03. The Hall–Kier alpha value is -0.870. The number of aromatic nitrogens is 2. The molecule has 0 atom stereocenters. The summed E-state index contributed by atoms with van der Waals surface area (Å²) in [7, 11) is 2.22. The molecule has 1 aromatic heterocycles. The molecule has 0 saturated heterocycles. The molecule has 2 rings (SSSR count). The van der Waals surface area contributed by atoms with Crippen LogP contribution in [0.2, 0.25) is 0 Å². The first kappa shape index (κ1) is 12.6. The summed E-state index contributed by atoms with van der Waals surface area (Å²) in [6.07, 6.45) is 4.82. The van der Waals surface area contributed by atoms with E-state index in [-0.39, 0.29) is 0 Å². The molecule has 4 heteroatoms. The van der Waals surface area contributed by atoms with Crippen LogP contribution in [0.15, 0.2) is 12.3 Å². The van der Waals surface area contributed by atoms with Gasteiger partial charge in [0.15, 0.2) is 0 Å². The van der Waals surface area contributed by atoms with Gasteiger partial charge in [0.1, 0.15) is 0 Å². The molecule has 0 aromatic carbocycles. The predicted octanol–water partition coefficient (Wildman–Crippen LogP) is 1.65. The van der Waals surface area contributed by atoms with Crippen LogP contribution in [-0.4, -0.2) is 40.9 Å². The van der Waals surface area contributed by atoms with Crippen LogP contribution in [-0.2, 0) is 6.54 Å². The second kappa shape index (κ2) is 5.65. The van der Waals surface area contributed by atoms with Crippen molar-refractivity contribution in [3.63, 3.8) is 0 Å². The fourth-order valence-electron chi connectivity index (χ4n) is 1.93. The zero-order valence-electron chi connectivity index (χ0n) is 11.2. The first-order valence-electron chi connectivity index (χ1n) is 6.62. The lowest BCUT2D eigenvalue weighted by Crippen LogP contribution is -2.30. The second-order valence-corrected chi connectivity index (χ2v) is 5.27. The number of likely N-dealkylation sites (N-methyl/N-ethyl adjacent to an activating group) is 1. The zero-order valence-corrected chi connectivity index (χ0v) is 11.2. The topological polar surface area (TPSA) is 33.1 Å². The highest BCUT2D eigenvalue weighted by molar-refractivity contribution is 4.99. The van der Waals surface area contributed by atoms with Crippen LogP contribution in [0.1, 0.15) is 38.4 Å². The Bertz CT molecular complexity index is 341. The van der Waals surface area contributed by atoms with E-state index in [1.165, 1.54) is 12.8 Å². The predicted molar refractivity (Wildman–Crippen MR) is 70.0 cm³/mol. The van der Waals surface area contributed by atoms with Gasteiger partial charge in [-0.2, -0.15) is 5.10 Å². The van der Waals surface area contributed by atoms with Crippen molar-refractivity contribution in [2.45, 2.75) is 45.3 Å². The summed E-state index contributed by atoms with van der Waals surface area (Å²) in [5.74, 6) is 0. The van der Waals surface area contributed by atoms with Gasteiger partial charge >= 0.3 is 0 Å². The maximum absolute atomic E-state index is 4.51. The van der Waals surface area contributed by atoms with Gasteiger partial charge in [-0.25, -0.2) is 0 Å². The molecule has 1 fully saturated rings. The van der Waals surface area contributed by atoms with Crippen LogP contribution >= 0.6 is 0 Å². The molecule has 0 bridgehead atoms. The molecule has 1 heterocycles. The normalized spacial score (nSPS) is 16.1. The Balaban J connectivity index is 1.63. The fraction of sp³-hybridized carbons (Fsp3) is 0.769. The summed E-state index contributed by atoms with van der Waals surface area (Å²) in [6.45, 7) is 7.35. The van der Waals surface area contributed by atoms with Crippen molar-refractivity contribution < 1.29 is 0 Å². The van der Waals surface area contributed by atoms with Crippen molar-refractivity contribution in [1.82, 2.24) is 20.0 Å². The van der Waals surface area contributed by atoms with E-state index in [2.05, 4.69) is 48.5 Å². The molecular weight excluding hydrogens is 212 g/mol. The Kier molecular flexibility index (Phi) is 4.18. The maximum atomic E-state index is 4.51. The van der Waals surface area contributed by atoms with E-state index in [9.17, 15) is 0 Å². The molecule has 0 radical (unpaired) electrons. The number of nitrogens with one attached hydrogen (secondary N) is 1. The van der Waals surface area contributed by atoms with Crippen LogP contribution in [0.25, 0.3) is 0 Å². The minimum absolute atomic E-state index is 0.449. The molecule has 0 amide bonds. The van der Waals surface area contributed by atoms with Gasteiger partial charge in [-0.15, -0.1) is 0 Å². The van der Waals surface area contributed by atoms with E-state index in [0.717, 1.165) is 31.4 Å². The van der Waals surface area contributed by atoms with Crippen LogP contribution in [0, 0.1) is 0 Å². The van der Waals surface area contributed by atoms with Gasteiger partial charge in [-0.3, -0.25) is 4.68 Å². The molecule has 0 unspecified atom stereocenters. The number of hydrogen-bond acceptors (Lipinski definition) is 3. The van der Waals surface area contributed by atoms with Gasteiger partial charge in [0.25, 0.3) is 0 Å². The monoisotopic (exact) mass is 236 g/mol. The highest BCUT2D eigenvalue weighted by Crippen LogP contribution is 2.24. The lowest BCUT2D eigenvalue weighted by atomic mass is 10.4. The summed E-state index contributed by atoms with van der Waals surface area (Å²) in [5, 5.41) is 7.96. The Morgan fingerprint density at radius 1 is 1.53 bits per heavy atom. The fourth-order valence-corrected chi connectivity index (χ4v) is 1.93. The molecule has 96 valence electrons. The molecular formula is C13H24N4. The second-order valence-electron chi connectivity index (χ2n) is 5.27. The Morgan fingerprint density at radius 2 is 2.29 bits per heavy atom. The molecule has 1 aliphatic rings.